The van der Waals surface area contributed by atoms with Crippen LogP contribution in [0.15, 0.2) is 30.3 Å². The summed E-state index contributed by atoms with van der Waals surface area (Å²) >= 11 is 1.84. The maximum atomic E-state index is 11.1. The molecule has 1 rings (SSSR count). The van der Waals surface area contributed by atoms with E-state index in [1.54, 1.807) is 12.1 Å². The molecule has 0 aromatic heterocycles. The molecule has 0 heterocycles. The molecule has 1 atom stereocenters. The van der Waals surface area contributed by atoms with Gasteiger partial charge in [0.1, 0.15) is 0 Å². The number of benzene rings is 1. The Morgan fingerprint density at radius 1 is 1.50 bits per heavy atom. The number of hydrogen-bond acceptors (Lipinski definition) is 2. The third-order valence-electron chi connectivity index (χ3n) is 1.36. The van der Waals surface area contributed by atoms with Gasteiger partial charge in [-0.25, -0.2) is 4.79 Å². The minimum Gasteiger partial charge on any atom is -0.423 e. The van der Waals surface area contributed by atoms with Gasteiger partial charge in [-0.2, -0.15) is 0 Å². The van der Waals surface area contributed by atoms with Gasteiger partial charge in [0.25, 0.3) is 0 Å². The highest BCUT2D eigenvalue weighted by atomic mass is 127. The average Bonchev–Trinajstić information content (AvgIpc) is 2.19. The SMILES string of the molecule is C#CC(I)OC(=O)Nc1ccccc1. The van der Waals surface area contributed by atoms with Gasteiger partial charge in [-0.1, -0.05) is 24.1 Å². The van der Waals surface area contributed by atoms with Gasteiger partial charge in [-0.3, -0.25) is 5.32 Å². The molecule has 0 aliphatic rings. The lowest BCUT2D eigenvalue weighted by Crippen LogP contribution is -2.17. The maximum absolute atomic E-state index is 11.1. The van der Waals surface area contributed by atoms with E-state index in [9.17, 15) is 4.79 Å². The van der Waals surface area contributed by atoms with Crippen LogP contribution in [-0.2, 0) is 4.74 Å². The number of hydrogen-bond donors (Lipinski definition) is 1. The molecule has 0 bridgehead atoms. The fraction of sp³-hybridized carbons (Fsp3) is 0.100. The van der Waals surface area contributed by atoms with E-state index in [2.05, 4.69) is 11.2 Å². The summed E-state index contributed by atoms with van der Waals surface area (Å²) in [6.45, 7) is 0. The van der Waals surface area contributed by atoms with E-state index in [0.29, 0.717) is 5.69 Å². The first-order chi connectivity index (χ1) is 6.72. The summed E-state index contributed by atoms with van der Waals surface area (Å²) in [5.41, 5.74) is 0.679. The van der Waals surface area contributed by atoms with E-state index in [4.69, 9.17) is 11.2 Å². The largest absolute Gasteiger partial charge is 0.423 e. The van der Waals surface area contributed by atoms with Crippen molar-refractivity contribution < 1.29 is 9.53 Å². The van der Waals surface area contributed by atoms with Crippen molar-refractivity contribution in [3.8, 4) is 12.3 Å². The molecule has 72 valence electrons. The van der Waals surface area contributed by atoms with Crippen LogP contribution in [-0.4, -0.2) is 10.2 Å². The van der Waals surface area contributed by atoms with Crippen LogP contribution in [0.3, 0.4) is 0 Å². The Kier molecular flexibility index (Phi) is 4.26. The molecule has 4 heteroatoms. The highest BCUT2D eigenvalue weighted by molar-refractivity contribution is 14.1. The maximum Gasteiger partial charge on any atom is 0.413 e. The van der Waals surface area contributed by atoms with Gasteiger partial charge in [0.05, 0.1) is 0 Å². The summed E-state index contributed by atoms with van der Waals surface area (Å²) in [7, 11) is 0. The summed E-state index contributed by atoms with van der Waals surface area (Å²) < 4.78 is 4.26. The number of terminal acetylenes is 1. The van der Waals surface area contributed by atoms with E-state index in [1.165, 1.54) is 0 Å². The van der Waals surface area contributed by atoms with Gasteiger partial charge >= 0.3 is 6.09 Å². The van der Waals surface area contributed by atoms with Crippen LogP contribution in [0.5, 0.6) is 0 Å². The van der Waals surface area contributed by atoms with Crippen molar-refractivity contribution in [3.63, 3.8) is 0 Å². The Bertz CT molecular complexity index is 345. The predicted octanol–water partition coefficient (Wildman–Crippen LogP) is 2.63. The Labute approximate surface area is 96.0 Å². The monoisotopic (exact) mass is 301 g/mol. The lowest BCUT2D eigenvalue weighted by atomic mass is 10.3. The number of carbonyl (C=O) groups is 1. The fourth-order valence-electron chi connectivity index (χ4n) is 0.797. The molecule has 1 N–H and O–H groups in total. The van der Waals surface area contributed by atoms with Gasteiger partial charge in [0, 0.05) is 5.69 Å². The van der Waals surface area contributed by atoms with Crippen LogP contribution in [0.2, 0.25) is 0 Å². The first-order valence-corrected chi connectivity index (χ1v) is 5.10. The normalized spacial score (nSPS) is 11.1. The molecule has 1 aromatic rings. The van der Waals surface area contributed by atoms with E-state index >= 15 is 0 Å². The highest BCUT2D eigenvalue weighted by Crippen LogP contribution is 2.07. The van der Waals surface area contributed by atoms with Gasteiger partial charge in [-0.15, -0.1) is 6.42 Å². The van der Waals surface area contributed by atoms with Crippen molar-refractivity contribution in [1.82, 2.24) is 0 Å². The van der Waals surface area contributed by atoms with Crippen LogP contribution in [0.4, 0.5) is 10.5 Å². The zero-order valence-electron chi connectivity index (χ0n) is 7.24. The van der Waals surface area contributed by atoms with Crippen molar-refractivity contribution in [1.29, 1.82) is 0 Å². The molecular weight excluding hydrogens is 293 g/mol. The average molecular weight is 301 g/mol. The zero-order valence-corrected chi connectivity index (χ0v) is 9.39. The van der Waals surface area contributed by atoms with Crippen LogP contribution in [0, 0.1) is 12.3 Å². The second-order valence-electron chi connectivity index (χ2n) is 2.38. The molecule has 14 heavy (non-hydrogen) atoms. The van der Waals surface area contributed by atoms with E-state index < -0.39 is 10.2 Å². The number of halogens is 1. The Hall–Kier alpha value is -1.22. The first-order valence-electron chi connectivity index (χ1n) is 3.85. The van der Waals surface area contributed by atoms with Crippen LogP contribution >= 0.6 is 22.6 Å². The van der Waals surface area contributed by atoms with Crippen molar-refractivity contribution in [2.24, 2.45) is 0 Å². The molecule has 0 saturated heterocycles. The number of para-hydroxylation sites is 1. The summed E-state index contributed by atoms with van der Waals surface area (Å²) in [6, 6.07) is 9.02. The summed E-state index contributed by atoms with van der Waals surface area (Å²) in [4.78, 5) is 11.1. The number of amides is 1. The molecule has 0 aliphatic heterocycles. The van der Waals surface area contributed by atoms with Gasteiger partial charge < -0.3 is 4.74 Å². The van der Waals surface area contributed by atoms with Crippen molar-refractivity contribution >= 4 is 34.4 Å². The molecule has 0 spiro atoms. The topological polar surface area (TPSA) is 38.3 Å². The number of anilines is 1. The molecular formula is C10H8INO2. The predicted molar refractivity (Wildman–Crippen MR) is 63.2 cm³/mol. The molecule has 0 radical (unpaired) electrons. The number of alkyl halides is 1. The zero-order chi connectivity index (χ0) is 10.4. The molecule has 1 aromatic carbocycles. The third kappa shape index (κ3) is 3.66. The van der Waals surface area contributed by atoms with Crippen molar-refractivity contribution in [2.75, 3.05) is 5.32 Å². The van der Waals surface area contributed by atoms with Gasteiger partial charge in [-0.05, 0) is 34.7 Å². The quantitative estimate of drug-likeness (QED) is 0.518. The lowest BCUT2D eigenvalue weighted by Gasteiger charge is -2.07. The molecule has 0 saturated carbocycles. The van der Waals surface area contributed by atoms with E-state index in [1.807, 2.05) is 40.8 Å². The lowest BCUT2D eigenvalue weighted by molar-refractivity contribution is 0.171. The summed E-state index contributed by atoms with van der Waals surface area (Å²) in [5.74, 6) is 2.29. The molecule has 0 fully saturated rings. The standard InChI is InChI=1S/C10H8INO2/c1-2-9(11)14-10(13)12-8-6-4-3-5-7-8/h1,3-7,9H,(H,12,13). The molecule has 1 unspecified atom stereocenters. The Balaban J connectivity index is 2.47. The van der Waals surface area contributed by atoms with Crippen LogP contribution in [0.1, 0.15) is 0 Å². The van der Waals surface area contributed by atoms with Crippen LogP contribution < -0.4 is 5.32 Å². The van der Waals surface area contributed by atoms with Gasteiger partial charge in [0.2, 0.25) is 4.11 Å². The fourth-order valence-corrected chi connectivity index (χ4v) is 1.03. The minimum atomic E-state index is -0.548. The third-order valence-corrected chi connectivity index (χ3v) is 1.98. The Morgan fingerprint density at radius 2 is 2.14 bits per heavy atom. The molecule has 0 aliphatic carbocycles. The minimum absolute atomic E-state index is 0.545. The van der Waals surface area contributed by atoms with Crippen LogP contribution in [0.25, 0.3) is 0 Å². The van der Waals surface area contributed by atoms with E-state index in [-0.39, 0.29) is 0 Å². The number of carbonyl (C=O) groups excluding carboxylic acids is 1. The number of rotatable bonds is 2. The number of nitrogens with one attached hydrogen (secondary N) is 1. The molecule has 3 nitrogen and oxygen atoms in total. The first kappa shape index (κ1) is 10.9. The van der Waals surface area contributed by atoms with E-state index in [0.717, 1.165) is 0 Å². The number of ether oxygens (including phenoxy) is 1. The molecule has 1 amide bonds. The van der Waals surface area contributed by atoms with Crippen molar-refractivity contribution in [2.45, 2.75) is 4.11 Å². The Morgan fingerprint density at radius 3 is 2.71 bits per heavy atom. The van der Waals surface area contributed by atoms with Crippen molar-refractivity contribution in [3.05, 3.63) is 30.3 Å². The smallest absolute Gasteiger partial charge is 0.413 e. The second kappa shape index (κ2) is 5.50. The van der Waals surface area contributed by atoms with Gasteiger partial charge in [0.15, 0.2) is 0 Å². The summed E-state index contributed by atoms with van der Waals surface area (Å²) in [5, 5.41) is 2.55. The summed E-state index contributed by atoms with van der Waals surface area (Å²) in [6.07, 6.45) is 4.50. The second-order valence-corrected chi connectivity index (χ2v) is 3.51. The highest BCUT2D eigenvalue weighted by Gasteiger charge is 2.06.